The minimum Gasteiger partial charge on any atom is -0.502 e. The molecule has 4 aromatic rings. The summed E-state index contributed by atoms with van der Waals surface area (Å²) in [6.45, 7) is 3.12. The van der Waals surface area contributed by atoms with E-state index in [0.29, 0.717) is 50.2 Å². The van der Waals surface area contributed by atoms with Crippen LogP contribution in [0, 0.1) is 17.0 Å². The second-order valence-electron chi connectivity index (χ2n) is 9.75. The van der Waals surface area contributed by atoms with Gasteiger partial charge < -0.3 is 20.3 Å². The van der Waals surface area contributed by atoms with E-state index in [1.165, 1.54) is 12.1 Å². The summed E-state index contributed by atoms with van der Waals surface area (Å²) in [7, 11) is 0. The number of phenolic OH excluding ortho intramolecular Hbond substituents is 1. The van der Waals surface area contributed by atoms with Gasteiger partial charge in [-0.2, -0.15) is 0 Å². The lowest BCUT2D eigenvalue weighted by Crippen LogP contribution is -2.38. The van der Waals surface area contributed by atoms with Crippen molar-refractivity contribution in [3.8, 4) is 5.75 Å². The van der Waals surface area contributed by atoms with Crippen LogP contribution in [0.25, 0.3) is 10.9 Å². The van der Waals surface area contributed by atoms with E-state index >= 15 is 0 Å². The fourth-order valence-corrected chi connectivity index (χ4v) is 5.20. The number of pyridine rings is 1. The number of amides is 2. The molecule has 1 aliphatic rings. The number of aromatic hydroxyl groups is 1. The molecule has 10 heteroatoms. The lowest BCUT2D eigenvalue weighted by molar-refractivity contribution is -0.385. The van der Waals surface area contributed by atoms with E-state index < -0.39 is 22.3 Å². The number of phenols is 1. The summed E-state index contributed by atoms with van der Waals surface area (Å²) in [5.41, 5.74) is 3.66. The van der Waals surface area contributed by atoms with E-state index in [0.717, 1.165) is 28.2 Å². The Bertz CT molecular complexity index is 1550. The largest absolute Gasteiger partial charge is 0.502 e. The van der Waals surface area contributed by atoms with Crippen LogP contribution in [0.5, 0.6) is 5.75 Å². The second-order valence-corrected chi connectivity index (χ2v) is 9.75. The number of rotatable bonds is 7. The number of benzene rings is 2. The normalized spacial score (nSPS) is 13.9. The van der Waals surface area contributed by atoms with Gasteiger partial charge in [0.05, 0.1) is 21.7 Å². The van der Waals surface area contributed by atoms with E-state index in [1.807, 2.05) is 37.4 Å². The van der Waals surface area contributed by atoms with Crippen LogP contribution in [-0.4, -0.2) is 56.3 Å². The number of para-hydroxylation sites is 2. The zero-order valence-electron chi connectivity index (χ0n) is 21.5. The summed E-state index contributed by atoms with van der Waals surface area (Å²) < 4.78 is 0. The molecule has 3 N–H and O–H groups in total. The molecule has 0 aliphatic carbocycles. The van der Waals surface area contributed by atoms with Gasteiger partial charge in [-0.25, -0.2) is 0 Å². The van der Waals surface area contributed by atoms with Gasteiger partial charge in [0.1, 0.15) is 0 Å². The molecule has 200 valence electrons. The first-order valence-corrected chi connectivity index (χ1v) is 12.9. The molecule has 0 radical (unpaired) electrons. The average molecular weight is 528 g/mol. The monoisotopic (exact) mass is 527 g/mol. The number of likely N-dealkylation sites (tertiary alicyclic amines) is 1. The number of nitrogens with one attached hydrogen (secondary N) is 2. The highest BCUT2D eigenvalue weighted by Crippen LogP contribution is 2.33. The number of hydrogen-bond donors (Lipinski definition) is 3. The first-order chi connectivity index (χ1) is 18.8. The van der Waals surface area contributed by atoms with Crippen molar-refractivity contribution >= 4 is 28.4 Å². The SMILES string of the molecule is Cc1ccc(C(=O)NCCc2c[nH]c3ccccc23)c(C2CCN(C(=O)c3cccc([N+](=O)[O-])c3O)CC2)n1. The molecule has 5 rings (SSSR count). The fourth-order valence-electron chi connectivity index (χ4n) is 5.20. The minimum atomic E-state index is -0.713. The predicted molar refractivity (Wildman–Crippen MR) is 146 cm³/mol. The molecule has 0 bridgehead atoms. The molecule has 3 heterocycles. The molecule has 1 fully saturated rings. The Labute approximate surface area is 224 Å². The maximum absolute atomic E-state index is 13.2. The number of hydrogen-bond acceptors (Lipinski definition) is 6. The second kappa shape index (κ2) is 10.9. The Balaban J connectivity index is 1.24. The molecule has 39 heavy (non-hydrogen) atoms. The Hall–Kier alpha value is -4.73. The molecular formula is C29H29N5O5. The third-order valence-corrected chi connectivity index (χ3v) is 7.27. The van der Waals surface area contributed by atoms with Gasteiger partial charge in [-0.3, -0.25) is 24.7 Å². The number of nitro benzene ring substituents is 1. The minimum absolute atomic E-state index is 0.0259. The first-order valence-electron chi connectivity index (χ1n) is 12.9. The number of carbonyl (C=O) groups excluding carboxylic acids is 2. The maximum atomic E-state index is 13.2. The molecule has 2 amide bonds. The standard InChI is InChI=1S/C29H29N5O5/c1-18-9-10-22(28(36)30-14-11-20-17-31-24-7-3-2-5-21(20)24)26(32-18)19-12-15-33(16-13-19)29(37)23-6-4-8-25(27(23)35)34(38)39/h2-10,17,19,31,35H,11-16H2,1H3,(H,30,36). The zero-order valence-corrected chi connectivity index (χ0v) is 21.5. The number of fused-ring (bicyclic) bond motifs is 1. The highest BCUT2D eigenvalue weighted by Gasteiger charge is 2.30. The number of aromatic nitrogens is 2. The van der Waals surface area contributed by atoms with E-state index in [2.05, 4.69) is 16.4 Å². The van der Waals surface area contributed by atoms with Gasteiger partial charge in [0, 0.05) is 54.4 Å². The van der Waals surface area contributed by atoms with Crippen LogP contribution in [0.3, 0.4) is 0 Å². The third kappa shape index (κ3) is 5.31. The average Bonchev–Trinajstić information content (AvgIpc) is 3.35. The van der Waals surface area contributed by atoms with Crippen LogP contribution in [-0.2, 0) is 6.42 Å². The van der Waals surface area contributed by atoms with Gasteiger partial charge in [-0.05, 0) is 56.0 Å². The summed E-state index contributed by atoms with van der Waals surface area (Å²) >= 11 is 0. The fraction of sp³-hybridized carbons (Fsp3) is 0.276. The molecule has 2 aromatic heterocycles. The van der Waals surface area contributed by atoms with Crippen molar-refractivity contribution in [3.05, 3.63) is 99.0 Å². The molecular weight excluding hydrogens is 498 g/mol. The van der Waals surface area contributed by atoms with Crippen molar-refractivity contribution in [3.63, 3.8) is 0 Å². The van der Waals surface area contributed by atoms with Crippen molar-refractivity contribution in [2.45, 2.75) is 32.1 Å². The smallest absolute Gasteiger partial charge is 0.311 e. The van der Waals surface area contributed by atoms with E-state index in [9.17, 15) is 24.8 Å². The Morgan fingerprint density at radius 1 is 1.10 bits per heavy atom. The molecule has 0 unspecified atom stereocenters. The lowest BCUT2D eigenvalue weighted by Gasteiger charge is -2.32. The highest BCUT2D eigenvalue weighted by molar-refractivity contribution is 5.98. The summed E-state index contributed by atoms with van der Waals surface area (Å²) in [6.07, 6.45) is 3.81. The van der Waals surface area contributed by atoms with E-state index in [1.54, 1.807) is 11.0 Å². The van der Waals surface area contributed by atoms with Gasteiger partial charge in [0.2, 0.25) is 5.75 Å². The Morgan fingerprint density at radius 2 is 1.87 bits per heavy atom. The first kappa shape index (κ1) is 25.9. The Kier molecular flexibility index (Phi) is 7.27. The van der Waals surface area contributed by atoms with Gasteiger partial charge in [0.25, 0.3) is 11.8 Å². The highest BCUT2D eigenvalue weighted by atomic mass is 16.6. The quantitative estimate of drug-likeness (QED) is 0.239. The number of carbonyl (C=O) groups is 2. The van der Waals surface area contributed by atoms with Gasteiger partial charge in [0.15, 0.2) is 0 Å². The summed E-state index contributed by atoms with van der Waals surface area (Å²) in [5.74, 6) is -1.29. The number of H-pyrrole nitrogens is 1. The zero-order chi connectivity index (χ0) is 27.5. The molecule has 1 saturated heterocycles. The molecule has 10 nitrogen and oxygen atoms in total. The van der Waals surface area contributed by atoms with Crippen LogP contribution in [0.1, 0.15) is 56.4 Å². The van der Waals surface area contributed by atoms with Crippen LogP contribution in [0.2, 0.25) is 0 Å². The molecule has 0 saturated carbocycles. The van der Waals surface area contributed by atoms with Gasteiger partial charge in [-0.1, -0.05) is 24.3 Å². The summed E-state index contributed by atoms with van der Waals surface area (Å²) in [6, 6.07) is 15.6. The summed E-state index contributed by atoms with van der Waals surface area (Å²) in [5, 5.41) is 25.6. The Morgan fingerprint density at radius 3 is 2.64 bits per heavy atom. The molecule has 0 atom stereocenters. The number of nitrogens with zero attached hydrogens (tertiary/aromatic N) is 3. The number of nitro groups is 1. The van der Waals surface area contributed by atoms with Crippen LogP contribution >= 0.6 is 0 Å². The van der Waals surface area contributed by atoms with Crippen LogP contribution in [0.15, 0.2) is 60.8 Å². The number of aryl methyl sites for hydroxylation is 1. The topological polar surface area (TPSA) is 141 Å². The molecule has 1 aliphatic heterocycles. The van der Waals surface area contributed by atoms with Crippen molar-refractivity contribution in [1.82, 2.24) is 20.2 Å². The number of aromatic amines is 1. The van der Waals surface area contributed by atoms with Crippen molar-refractivity contribution in [2.75, 3.05) is 19.6 Å². The summed E-state index contributed by atoms with van der Waals surface area (Å²) in [4.78, 5) is 46.2. The molecule has 2 aromatic carbocycles. The molecule has 0 spiro atoms. The van der Waals surface area contributed by atoms with Crippen molar-refractivity contribution in [2.24, 2.45) is 0 Å². The van der Waals surface area contributed by atoms with Crippen molar-refractivity contribution in [1.29, 1.82) is 0 Å². The van der Waals surface area contributed by atoms with Crippen LogP contribution in [0.4, 0.5) is 5.69 Å². The van der Waals surface area contributed by atoms with E-state index in [-0.39, 0.29) is 17.4 Å². The van der Waals surface area contributed by atoms with Gasteiger partial charge >= 0.3 is 5.69 Å². The van der Waals surface area contributed by atoms with Crippen LogP contribution < -0.4 is 5.32 Å². The third-order valence-electron chi connectivity index (χ3n) is 7.27. The predicted octanol–water partition coefficient (Wildman–Crippen LogP) is 4.48. The lowest BCUT2D eigenvalue weighted by atomic mass is 9.89. The van der Waals surface area contributed by atoms with Crippen molar-refractivity contribution < 1.29 is 19.6 Å². The number of piperidine rings is 1. The van der Waals surface area contributed by atoms with E-state index in [4.69, 9.17) is 4.98 Å². The maximum Gasteiger partial charge on any atom is 0.311 e. The van der Waals surface area contributed by atoms with Gasteiger partial charge in [-0.15, -0.1) is 0 Å².